The van der Waals surface area contributed by atoms with Gasteiger partial charge in [-0.1, -0.05) is 29.3 Å². The number of piperazine rings is 1. The van der Waals surface area contributed by atoms with Gasteiger partial charge in [0.1, 0.15) is 0 Å². The fourth-order valence-corrected chi connectivity index (χ4v) is 5.40. The van der Waals surface area contributed by atoms with Gasteiger partial charge in [-0.05, 0) is 55.5 Å². The van der Waals surface area contributed by atoms with Crippen LogP contribution in [-0.2, 0) is 14.6 Å². The van der Waals surface area contributed by atoms with Crippen LogP contribution < -0.4 is 5.32 Å². The molecule has 11 heteroatoms. The standard InChI is InChI=1S/C25H24ClN3O6S/c1-17-4-10-20(11-5-17)36(33,34)23(27-22(30)21-3-2-16-35-21)25(32)29-14-12-28(13-15-29)24(31)18-6-8-19(26)9-7-18/h2-11,16,23H,12-15H2,1H3,(H,27,30)/t23-/m0/s1. The summed E-state index contributed by atoms with van der Waals surface area (Å²) in [5.41, 5.74) is 1.31. The number of rotatable bonds is 6. The first-order valence-corrected chi connectivity index (χ1v) is 13.1. The highest BCUT2D eigenvalue weighted by Crippen LogP contribution is 2.20. The third kappa shape index (κ3) is 5.44. The summed E-state index contributed by atoms with van der Waals surface area (Å²) in [6.45, 7) is 2.43. The molecule has 9 nitrogen and oxygen atoms in total. The van der Waals surface area contributed by atoms with Gasteiger partial charge >= 0.3 is 0 Å². The Bertz CT molecular complexity index is 1350. The maximum atomic E-state index is 13.5. The van der Waals surface area contributed by atoms with E-state index in [2.05, 4.69) is 5.32 Å². The number of hydrogen-bond donors (Lipinski definition) is 1. The van der Waals surface area contributed by atoms with Crippen LogP contribution in [0.15, 0.2) is 76.2 Å². The number of hydrogen-bond acceptors (Lipinski definition) is 6. The lowest BCUT2D eigenvalue weighted by atomic mass is 10.2. The van der Waals surface area contributed by atoms with Crippen molar-refractivity contribution >= 4 is 39.2 Å². The lowest BCUT2D eigenvalue weighted by Crippen LogP contribution is -2.57. The molecule has 2 aromatic carbocycles. The Morgan fingerprint density at radius 2 is 1.53 bits per heavy atom. The predicted octanol–water partition coefficient (Wildman–Crippen LogP) is 2.76. The number of carbonyl (C=O) groups excluding carboxylic acids is 3. The summed E-state index contributed by atoms with van der Waals surface area (Å²) >= 11 is 5.89. The third-order valence-electron chi connectivity index (χ3n) is 5.86. The van der Waals surface area contributed by atoms with Crippen molar-refractivity contribution in [3.05, 3.63) is 88.8 Å². The number of furan rings is 1. The van der Waals surface area contributed by atoms with E-state index in [1.54, 1.807) is 41.3 Å². The molecule has 0 radical (unpaired) electrons. The molecule has 1 fully saturated rings. The van der Waals surface area contributed by atoms with Crippen LogP contribution in [0.25, 0.3) is 0 Å². The molecule has 0 bridgehead atoms. The molecule has 3 aromatic rings. The molecule has 0 aliphatic carbocycles. The normalized spacial score (nSPS) is 14.8. The lowest BCUT2D eigenvalue weighted by molar-refractivity contribution is -0.132. The minimum absolute atomic E-state index is 0.0947. The summed E-state index contributed by atoms with van der Waals surface area (Å²) in [7, 11) is -4.29. The predicted molar refractivity (Wildman–Crippen MR) is 132 cm³/mol. The average molecular weight is 530 g/mol. The number of benzene rings is 2. The highest BCUT2D eigenvalue weighted by Gasteiger charge is 2.40. The van der Waals surface area contributed by atoms with E-state index in [0.29, 0.717) is 10.6 Å². The number of sulfone groups is 1. The third-order valence-corrected chi connectivity index (χ3v) is 7.98. The maximum Gasteiger partial charge on any atom is 0.288 e. The fourth-order valence-electron chi connectivity index (χ4n) is 3.80. The molecule has 3 amide bonds. The molecule has 1 aromatic heterocycles. The topological polar surface area (TPSA) is 117 Å². The summed E-state index contributed by atoms with van der Waals surface area (Å²) in [4.78, 5) is 41.7. The Balaban J connectivity index is 1.53. The van der Waals surface area contributed by atoms with E-state index in [9.17, 15) is 22.8 Å². The van der Waals surface area contributed by atoms with E-state index in [1.807, 2.05) is 6.92 Å². The van der Waals surface area contributed by atoms with Gasteiger partial charge in [-0.25, -0.2) is 8.42 Å². The van der Waals surface area contributed by atoms with Crippen molar-refractivity contribution in [3.8, 4) is 0 Å². The van der Waals surface area contributed by atoms with Crippen LogP contribution >= 0.6 is 11.6 Å². The summed E-state index contributed by atoms with van der Waals surface area (Å²) in [5, 5.41) is 0.979. The Hall–Kier alpha value is -3.63. The molecule has 1 N–H and O–H groups in total. The van der Waals surface area contributed by atoms with Crippen LogP contribution in [0.2, 0.25) is 5.02 Å². The van der Waals surface area contributed by atoms with Crippen LogP contribution in [0.3, 0.4) is 0 Å². The fraction of sp³-hybridized carbons (Fsp3) is 0.240. The molecule has 1 aliphatic rings. The van der Waals surface area contributed by atoms with Crippen molar-refractivity contribution in [1.29, 1.82) is 0 Å². The summed E-state index contributed by atoms with van der Waals surface area (Å²) in [5.74, 6) is -1.95. The quantitative estimate of drug-likeness (QED) is 0.525. The van der Waals surface area contributed by atoms with Crippen LogP contribution in [-0.4, -0.2) is 67.5 Å². The average Bonchev–Trinajstić information content (AvgIpc) is 3.42. The van der Waals surface area contributed by atoms with Crippen molar-refractivity contribution < 1.29 is 27.2 Å². The molecule has 1 saturated heterocycles. The zero-order chi connectivity index (χ0) is 25.9. The van der Waals surface area contributed by atoms with Gasteiger partial charge in [0.2, 0.25) is 15.2 Å². The number of nitrogens with one attached hydrogen (secondary N) is 1. The van der Waals surface area contributed by atoms with Crippen LogP contribution in [0.1, 0.15) is 26.5 Å². The number of carbonyl (C=O) groups is 3. The molecule has 36 heavy (non-hydrogen) atoms. The molecular formula is C25H24ClN3O6S. The summed E-state index contributed by atoms with van der Waals surface area (Å²) < 4.78 is 32.0. The minimum Gasteiger partial charge on any atom is -0.459 e. The van der Waals surface area contributed by atoms with Crippen LogP contribution in [0.4, 0.5) is 0 Å². The second-order valence-corrected chi connectivity index (χ2v) is 10.8. The smallest absolute Gasteiger partial charge is 0.288 e. The Morgan fingerprint density at radius 1 is 0.917 bits per heavy atom. The minimum atomic E-state index is -4.29. The lowest BCUT2D eigenvalue weighted by Gasteiger charge is -2.36. The van der Waals surface area contributed by atoms with Crippen LogP contribution in [0, 0.1) is 6.92 Å². The van der Waals surface area contributed by atoms with E-state index < -0.39 is 27.0 Å². The summed E-state index contributed by atoms with van der Waals surface area (Å²) in [6, 6.07) is 15.4. The molecule has 1 atom stereocenters. The van der Waals surface area contributed by atoms with Crippen molar-refractivity contribution in [1.82, 2.24) is 15.1 Å². The summed E-state index contributed by atoms with van der Waals surface area (Å²) in [6.07, 6.45) is 1.27. The monoisotopic (exact) mass is 529 g/mol. The Labute approximate surface area is 213 Å². The van der Waals surface area contributed by atoms with E-state index >= 15 is 0 Å². The molecule has 0 unspecified atom stereocenters. The molecule has 2 heterocycles. The highest BCUT2D eigenvalue weighted by molar-refractivity contribution is 7.92. The molecule has 0 spiro atoms. The van der Waals surface area contributed by atoms with E-state index in [4.69, 9.17) is 16.0 Å². The number of halogens is 1. The molecular weight excluding hydrogens is 506 g/mol. The van der Waals surface area contributed by atoms with E-state index in [1.165, 1.54) is 35.4 Å². The zero-order valence-corrected chi connectivity index (χ0v) is 21.0. The van der Waals surface area contributed by atoms with Gasteiger partial charge in [0.15, 0.2) is 5.76 Å². The van der Waals surface area contributed by atoms with Crippen molar-refractivity contribution in [2.75, 3.05) is 26.2 Å². The molecule has 188 valence electrons. The largest absolute Gasteiger partial charge is 0.459 e. The maximum absolute atomic E-state index is 13.5. The second kappa shape index (κ2) is 10.5. The van der Waals surface area contributed by atoms with E-state index in [0.717, 1.165) is 5.56 Å². The second-order valence-electron chi connectivity index (χ2n) is 8.31. The van der Waals surface area contributed by atoms with Gasteiger partial charge in [0, 0.05) is 36.8 Å². The van der Waals surface area contributed by atoms with Gasteiger partial charge in [-0.3, -0.25) is 14.4 Å². The molecule has 0 saturated carbocycles. The number of amides is 3. The molecule has 1 aliphatic heterocycles. The van der Waals surface area contributed by atoms with Gasteiger partial charge in [-0.2, -0.15) is 0 Å². The van der Waals surface area contributed by atoms with Crippen molar-refractivity contribution in [2.45, 2.75) is 17.2 Å². The first kappa shape index (κ1) is 25.5. The first-order valence-electron chi connectivity index (χ1n) is 11.2. The van der Waals surface area contributed by atoms with Crippen LogP contribution in [0.5, 0.6) is 0 Å². The van der Waals surface area contributed by atoms with Gasteiger partial charge in [-0.15, -0.1) is 0 Å². The Kier molecular flexibility index (Phi) is 7.46. The SMILES string of the molecule is Cc1ccc(S(=O)(=O)[C@H](NC(=O)c2ccco2)C(=O)N2CCN(C(=O)c3ccc(Cl)cc3)CC2)cc1. The first-order chi connectivity index (χ1) is 17.2. The van der Waals surface area contributed by atoms with Crippen molar-refractivity contribution in [3.63, 3.8) is 0 Å². The van der Waals surface area contributed by atoms with E-state index in [-0.39, 0.29) is 42.7 Å². The Morgan fingerprint density at radius 3 is 2.11 bits per heavy atom. The zero-order valence-electron chi connectivity index (χ0n) is 19.4. The van der Waals surface area contributed by atoms with Gasteiger partial charge in [0.25, 0.3) is 17.7 Å². The van der Waals surface area contributed by atoms with Gasteiger partial charge in [0.05, 0.1) is 11.2 Å². The molecule has 4 rings (SSSR count). The highest BCUT2D eigenvalue weighted by atomic mass is 35.5. The van der Waals surface area contributed by atoms with Crippen molar-refractivity contribution in [2.24, 2.45) is 0 Å². The van der Waals surface area contributed by atoms with Gasteiger partial charge < -0.3 is 19.5 Å². The number of nitrogens with zero attached hydrogens (tertiary/aromatic N) is 2. The number of aryl methyl sites for hydroxylation is 1.